The van der Waals surface area contributed by atoms with Crippen LogP contribution in [0.5, 0.6) is 0 Å². The maximum Gasteiger partial charge on any atom is 0.175 e. The van der Waals surface area contributed by atoms with E-state index in [4.69, 9.17) is 4.52 Å². The van der Waals surface area contributed by atoms with Gasteiger partial charge in [-0.15, -0.1) is 0 Å². The molecule has 1 unspecified atom stereocenters. The van der Waals surface area contributed by atoms with Crippen molar-refractivity contribution in [3.05, 3.63) is 23.4 Å². The van der Waals surface area contributed by atoms with Crippen molar-refractivity contribution in [2.45, 2.75) is 38.5 Å². The van der Waals surface area contributed by atoms with Crippen LogP contribution in [0.15, 0.2) is 12.1 Å². The van der Waals surface area contributed by atoms with Crippen LogP contribution in [0.1, 0.15) is 36.9 Å². The van der Waals surface area contributed by atoms with Crippen molar-refractivity contribution in [2.75, 3.05) is 25.1 Å². The minimum Gasteiger partial charge on any atom is -0.370 e. The zero-order valence-corrected chi connectivity index (χ0v) is 13.4. The van der Waals surface area contributed by atoms with Crippen LogP contribution in [0.4, 0.5) is 5.82 Å². The fraction of sp³-hybridized carbons (Fsp3) is 0.600. The van der Waals surface area contributed by atoms with Gasteiger partial charge in [-0.25, -0.2) is 4.98 Å². The Morgan fingerprint density at radius 3 is 3.14 bits per heavy atom. The predicted octanol–water partition coefficient (Wildman–Crippen LogP) is 2.67. The normalized spacial score (nSPS) is 15.1. The lowest BCUT2D eigenvalue weighted by atomic mass is 10.1. The van der Waals surface area contributed by atoms with Crippen molar-refractivity contribution in [1.29, 1.82) is 0 Å². The van der Waals surface area contributed by atoms with Crippen LogP contribution in [-0.2, 0) is 22.2 Å². The molecule has 1 aromatic heterocycles. The molecule has 21 heavy (non-hydrogen) atoms. The van der Waals surface area contributed by atoms with Gasteiger partial charge in [0.2, 0.25) is 0 Å². The summed E-state index contributed by atoms with van der Waals surface area (Å²) < 4.78 is 4.73. The topological polar surface area (TPSA) is 71.5 Å². The average molecular weight is 310 g/mol. The third-order valence-electron chi connectivity index (χ3n) is 3.61. The predicted molar refractivity (Wildman–Crippen MR) is 84.6 cm³/mol. The molecule has 0 aromatic carbocycles. The number of Topliss-reactive ketones (excluding diaryl/α,β-unsaturated/α-hetero) is 1. The van der Waals surface area contributed by atoms with E-state index in [9.17, 15) is 9.69 Å². The number of nitrogens with zero attached hydrogens (tertiary/aromatic N) is 1. The summed E-state index contributed by atoms with van der Waals surface area (Å²) in [5.74, 6) is 1.10. The molecule has 5 nitrogen and oxygen atoms in total. The summed E-state index contributed by atoms with van der Waals surface area (Å²) in [4.78, 5) is 25.5. The molecule has 0 saturated heterocycles. The molecule has 0 fully saturated rings. The maximum atomic E-state index is 11.6. The monoisotopic (exact) mass is 310 g/mol. The van der Waals surface area contributed by atoms with Gasteiger partial charge in [-0.3, -0.25) is 4.79 Å². The van der Waals surface area contributed by atoms with Gasteiger partial charge in [0, 0.05) is 25.8 Å². The highest BCUT2D eigenvalue weighted by Crippen LogP contribution is 2.29. The third-order valence-corrected chi connectivity index (χ3v) is 4.66. The first-order valence-corrected chi connectivity index (χ1v) is 8.83. The molecule has 2 N–H and O–H groups in total. The summed E-state index contributed by atoms with van der Waals surface area (Å²) >= 11 is 0. The Kier molecular flexibility index (Phi) is 6.55. The molecule has 0 aliphatic carbocycles. The number of aromatic nitrogens is 1. The third kappa shape index (κ3) is 5.34. The van der Waals surface area contributed by atoms with E-state index >= 15 is 0 Å². The van der Waals surface area contributed by atoms with E-state index in [0.29, 0.717) is 6.42 Å². The van der Waals surface area contributed by atoms with Crippen LogP contribution in [0.2, 0.25) is 0 Å². The summed E-state index contributed by atoms with van der Waals surface area (Å²) in [5, 5.41) is 3.33. The molecule has 1 aromatic rings. The Morgan fingerprint density at radius 2 is 2.33 bits per heavy atom. The van der Waals surface area contributed by atoms with Crippen molar-refractivity contribution in [3.8, 4) is 0 Å². The van der Waals surface area contributed by atoms with Crippen LogP contribution >= 0.6 is 8.38 Å². The van der Waals surface area contributed by atoms with Gasteiger partial charge in [-0.2, -0.15) is 0 Å². The largest absolute Gasteiger partial charge is 0.370 e. The summed E-state index contributed by atoms with van der Waals surface area (Å²) in [6.45, 7) is 1.00. The van der Waals surface area contributed by atoms with Gasteiger partial charge in [-0.05, 0) is 43.7 Å². The van der Waals surface area contributed by atoms with E-state index in [-0.39, 0.29) is 11.9 Å². The minimum absolute atomic E-state index is 0.0746. The molecule has 1 atom stereocenters. The number of carbonyl (C=O) groups is 1. The highest BCUT2D eigenvalue weighted by atomic mass is 31.2. The van der Waals surface area contributed by atoms with Crippen molar-refractivity contribution in [3.63, 3.8) is 0 Å². The number of hydrogen-bond acceptors (Lipinski definition) is 5. The highest BCUT2D eigenvalue weighted by Gasteiger charge is 2.11. The second-order valence-corrected chi connectivity index (χ2v) is 6.67. The number of anilines is 1. The summed E-state index contributed by atoms with van der Waals surface area (Å²) in [6.07, 6.45) is 5.59. The number of rotatable bonds is 8. The number of nitrogens with one attached hydrogen (secondary N) is 1. The molecule has 0 bridgehead atoms. The molecule has 0 radical (unpaired) electrons. The fourth-order valence-corrected chi connectivity index (χ4v) is 3.02. The van der Waals surface area contributed by atoms with Gasteiger partial charge in [-0.1, -0.05) is 6.07 Å². The number of carbonyl (C=O) groups excluding carboxylic acids is 1. The van der Waals surface area contributed by atoms with E-state index < -0.39 is 8.38 Å². The van der Waals surface area contributed by atoms with Gasteiger partial charge in [0.15, 0.2) is 8.38 Å². The molecule has 116 valence electrons. The lowest BCUT2D eigenvalue weighted by Gasteiger charge is -2.17. The zero-order valence-electron chi connectivity index (χ0n) is 12.5. The quantitative estimate of drug-likeness (QED) is 0.570. The first kappa shape index (κ1) is 16.3. The van der Waals surface area contributed by atoms with Crippen molar-refractivity contribution >= 4 is 20.0 Å². The lowest BCUT2D eigenvalue weighted by Crippen LogP contribution is -2.14. The highest BCUT2D eigenvalue weighted by molar-refractivity contribution is 7.47. The number of hydrogen-bond donors (Lipinski definition) is 2. The van der Waals surface area contributed by atoms with E-state index in [2.05, 4.69) is 22.4 Å². The van der Waals surface area contributed by atoms with Crippen LogP contribution in [0.3, 0.4) is 0 Å². The molecule has 0 spiro atoms. The molecule has 0 amide bonds. The standard InChI is InChI=1S/C15H23N2O3P/c1-20-21(19)11-14(18)7-3-2-6-13-9-8-12-5-4-10-16-15(12)17-13/h8-9,19H,2-7,10-11H2,1H3,(H,16,17). The summed E-state index contributed by atoms with van der Waals surface area (Å²) in [5.41, 5.74) is 2.38. The minimum atomic E-state index is -1.56. The first-order chi connectivity index (χ1) is 10.2. The van der Waals surface area contributed by atoms with E-state index in [1.807, 2.05) is 0 Å². The second kappa shape index (κ2) is 8.42. The number of ketones is 1. The number of pyridine rings is 1. The Balaban J connectivity index is 1.70. The van der Waals surface area contributed by atoms with Crippen molar-refractivity contribution < 1.29 is 14.2 Å². The van der Waals surface area contributed by atoms with Gasteiger partial charge in [0.05, 0.1) is 6.16 Å². The zero-order chi connectivity index (χ0) is 15.1. The Labute approximate surface area is 127 Å². The Morgan fingerprint density at radius 1 is 1.48 bits per heavy atom. The molecule has 1 aliphatic rings. The Hall–Kier alpha value is -1.03. The molecule has 1 aliphatic heterocycles. The van der Waals surface area contributed by atoms with Gasteiger partial charge < -0.3 is 14.7 Å². The number of fused-ring (bicyclic) bond motifs is 1. The van der Waals surface area contributed by atoms with E-state index in [1.165, 1.54) is 19.1 Å². The van der Waals surface area contributed by atoms with Gasteiger partial charge >= 0.3 is 0 Å². The fourth-order valence-electron chi connectivity index (χ4n) is 2.43. The maximum absolute atomic E-state index is 11.6. The number of unbranched alkanes of at least 4 members (excludes halogenated alkanes) is 1. The van der Waals surface area contributed by atoms with Crippen LogP contribution in [0, 0.1) is 0 Å². The van der Waals surface area contributed by atoms with Crippen molar-refractivity contribution in [1.82, 2.24) is 4.98 Å². The molecular formula is C15H23N2O3P. The second-order valence-electron chi connectivity index (χ2n) is 5.28. The van der Waals surface area contributed by atoms with Crippen LogP contribution in [0.25, 0.3) is 0 Å². The van der Waals surface area contributed by atoms with Gasteiger partial charge in [0.1, 0.15) is 11.6 Å². The van der Waals surface area contributed by atoms with E-state index in [0.717, 1.165) is 43.7 Å². The van der Waals surface area contributed by atoms with E-state index in [1.54, 1.807) is 0 Å². The van der Waals surface area contributed by atoms with Crippen LogP contribution in [-0.4, -0.2) is 35.5 Å². The molecule has 0 saturated carbocycles. The molecule has 2 rings (SSSR count). The Bertz CT molecular complexity index is 482. The van der Waals surface area contributed by atoms with Gasteiger partial charge in [0.25, 0.3) is 0 Å². The smallest absolute Gasteiger partial charge is 0.175 e. The molecular weight excluding hydrogens is 287 g/mol. The number of aryl methyl sites for hydroxylation is 2. The lowest BCUT2D eigenvalue weighted by molar-refractivity contribution is -0.116. The average Bonchev–Trinajstić information content (AvgIpc) is 2.51. The molecule has 2 heterocycles. The summed E-state index contributed by atoms with van der Waals surface area (Å²) in [6, 6.07) is 4.25. The van der Waals surface area contributed by atoms with Crippen molar-refractivity contribution in [2.24, 2.45) is 0 Å². The van der Waals surface area contributed by atoms with Crippen LogP contribution < -0.4 is 5.32 Å². The summed E-state index contributed by atoms with van der Waals surface area (Å²) in [7, 11) is -0.133. The SMILES string of the molecule is COP(O)CC(=O)CCCCc1ccc2c(n1)NCCC2. The first-order valence-electron chi connectivity index (χ1n) is 7.44. The molecule has 6 heteroatoms.